The Labute approximate surface area is 199 Å². The Morgan fingerprint density at radius 1 is 1.26 bits per heavy atom. The van der Waals surface area contributed by atoms with Gasteiger partial charge in [0, 0.05) is 25.1 Å². The topological polar surface area (TPSA) is 121 Å². The van der Waals surface area contributed by atoms with Crippen LogP contribution in [-0.2, 0) is 6.54 Å². The third-order valence-corrected chi connectivity index (χ3v) is 6.13. The normalized spacial score (nSPS) is 12.2. The van der Waals surface area contributed by atoms with E-state index in [1.807, 2.05) is 36.9 Å². The number of hydrogen-bond donors (Lipinski definition) is 1. The molecular formula is C23H20ClN9O. The summed E-state index contributed by atoms with van der Waals surface area (Å²) in [7, 11) is 0. The van der Waals surface area contributed by atoms with Gasteiger partial charge in [-0.25, -0.2) is 14.5 Å². The fourth-order valence-electron chi connectivity index (χ4n) is 4.19. The first-order chi connectivity index (χ1) is 16.5. The minimum Gasteiger partial charge on any atom is -0.346 e. The monoisotopic (exact) mass is 473 g/mol. The summed E-state index contributed by atoms with van der Waals surface area (Å²) in [6.07, 6.45) is 6.42. The van der Waals surface area contributed by atoms with Crippen LogP contribution in [0.2, 0.25) is 5.02 Å². The Morgan fingerprint density at radius 2 is 2.12 bits per heavy atom. The van der Waals surface area contributed by atoms with Crippen LogP contribution in [-0.4, -0.2) is 40.7 Å². The first-order valence-electron chi connectivity index (χ1n) is 10.7. The highest BCUT2D eigenvalue weighted by Gasteiger charge is 2.26. The van der Waals surface area contributed by atoms with Crippen molar-refractivity contribution in [1.82, 2.24) is 34.1 Å². The number of anilines is 1. The molecule has 0 saturated carbocycles. The molecule has 5 rings (SSSR count). The van der Waals surface area contributed by atoms with Crippen molar-refractivity contribution in [3.63, 3.8) is 0 Å². The zero-order valence-corrected chi connectivity index (χ0v) is 19.2. The van der Waals surface area contributed by atoms with Crippen LogP contribution in [0.15, 0.2) is 54.0 Å². The lowest BCUT2D eigenvalue weighted by atomic mass is 10.2. The lowest BCUT2D eigenvalue weighted by Gasteiger charge is -2.30. The standard InChI is InChI=1S/C23H20ClN9O/c1-3-31(22-18-15(10-25)11-27-20(18)28-13-29-22)14(2)21-30-33-9-7-17(24)19(33)23(34)32(21)12-16-6-4-5-8-26-16/h4-9,11,13-14H,3,12H2,1-2H3,(H,27,28,29). The Hall–Kier alpha value is -4.23. The van der Waals surface area contributed by atoms with Gasteiger partial charge in [-0.05, 0) is 32.0 Å². The average molecular weight is 474 g/mol. The molecule has 34 heavy (non-hydrogen) atoms. The van der Waals surface area contributed by atoms with Gasteiger partial charge in [0.25, 0.3) is 5.56 Å². The van der Waals surface area contributed by atoms with Crippen LogP contribution in [0.25, 0.3) is 16.6 Å². The van der Waals surface area contributed by atoms with Crippen LogP contribution in [0.4, 0.5) is 5.82 Å². The summed E-state index contributed by atoms with van der Waals surface area (Å²) in [6.45, 7) is 4.71. The Morgan fingerprint density at radius 3 is 2.85 bits per heavy atom. The van der Waals surface area contributed by atoms with E-state index in [0.717, 1.165) is 5.69 Å². The van der Waals surface area contributed by atoms with Crippen LogP contribution >= 0.6 is 11.6 Å². The van der Waals surface area contributed by atoms with Crippen LogP contribution in [0, 0.1) is 11.3 Å². The lowest BCUT2D eigenvalue weighted by molar-refractivity contribution is 0.547. The van der Waals surface area contributed by atoms with Crippen LogP contribution in [0.3, 0.4) is 0 Å². The van der Waals surface area contributed by atoms with Gasteiger partial charge < -0.3 is 9.88 Å². The number of nitrogens with zero attached hydrogens (tertiary/aromatic N) is 8. The summed E-state index contributed by atoms with van der Waals surface area (Å²) in [4.78, 5) is 31.7. The molecule has 5 aromatic heterocycles. The van der Waals surface area contributed by atoms with Gasteiger partial charge in [0.1, 0.15) is 29.4 Å². The third-order valence-electron chi connectivity index (χ3n) is 5.82. The number of rotatable bonds is 6. The zero-order valence-electron chi connectivity index (χ0n) is 18.5. The quantitative estimate of drug-likeness (QED) is 0.401. The molecule has 1 N–H and O–H groups in total. The highest BCUT2D eigenvalue weighted by atomic mass is 35.5. The third kappa shape index (κ3) is 3.47. The Bertz CT molecular complexity index is 1600. The predicted octanol–water partition coefficient (Wildman–Crippen LogP) is 3.32. The fourth-order valence-corrected chi connectivity index (χ4v) is 4.42. The summed E-state index contributed by atoms with van der Waals surface area (Å²) in [6, 6.07) is 9.01. The van der Waals surface area contributed by atoms with Gasteiger partial charge in [0.2, 0.25) is 0 Å². The number of halogens is 1. The van der Waals surface area contributed by atoms with Crippen molar-refractivity contribution in [1.29, 1.82) is 5.26 Å². The number of aromatic amines is 1. The summed E-state index contributed by atoms with van der Waals surface area (Å²) in [5.41, 5.74) is 1.78. The van der Waals surface area contributed by atoms with E-state index in [-0.39, 0.29) is 18.1 Å². The van der Waals surface area contributed by atoms with E-state index in [1.54, 1.807) is 29.2 Å². The molecule has 0 aromatic carbocycles. The fraction of sp³-hybridized carbons (Fsp3) is 0.217. The molecule has 0 aliphatic carbocycles. The zero-order chi connectivity index (χ0) is 23.8. The number of fused-ring (bicyclic) bond motifs is 2. The summed E-state index contributed by atoms with van der Waals surface area (Å²) >= 11 is 6.31. The predicted molar refractivity (Wildman–Crippen MR) is 128 cm³/mol. The van der Waals surface area contributed by atoms with Crippen LogP contribution in [0.1, 0.15) is 37.0 Å². The largest absolute Gasteiger partial charge is 0.346 e. The summed E-state index contributed by atoms with van der Waals surface area (Å²) in [5.74, 6) is 1.10. The minimum absolute atomic E-state index is 0.231. The van der Waals surface area contributed by atoms with E-state index in [2.05, 4.69) is 26.0 Å². The molecule has 1 atom stereocenters. The number of nitrogens with one attached hydrogen (secondary N) is 1. The van der Waals surface area contributed by atoms with Crippen molar-refractivity contribution >= 4 is 34.0 Å². The molecule has 0 saturated heterocycles. The van der Waals surface area contributed by atoms with Crippen molar-refractivity contribution in [3.05, 3.63) is 81.6 Å². The Kier molecular flexibility index (Phi) is 5.47. The molecule has 11 heteroatoms. The Balaban J connectivity index is 1.70. The maximum atomic E-state index is 13.6. The number of pyridine rings is 1. The van der Waals surface area contributed by atoms with Gasteiger partial charge in [-0.3, -0.25) is 14.3 Å². The first kappa shape index (κ1) is 21.6. The maximum Gasteiger partial charge on any atom is 0.279 e. The van der Waals surface area contributed by atoms with Crippen molar-refractivity contribution in [2.75, 3.05) is 11.4 Å². The average Bonchev–Trinajstić information content (AvgIpc) is 3.45. The molecule has 5 heterocycles. The van der Waals surface area contributed by atoms with Crippen LogP contribution in [0.5, 0.6) is 0 Å². The summed E-state index contributed by atoms with van der Waals surface area (Å²) < 4.78 is 3.10. The molecule has 10 nitrogen and oxygen atoms in total. The number of aromatic nitrogens is 7. The number of nitriles is 1. The minimum atomic E-state index is -0.383. The molecule has 0 fully saturated rings. The molecular weight excluding hydrogens is 454 g/mol. The molecule has 0 aliphatic rings. The highest BCUT2D eigenvalue weighted by molar-refractivity contribution is 6.33. The van der Waals surface area contributed by atoms with Crippen LogP contribution < -0.4 is 10.5 Å². The SMILES string of the molecule is CCN(c1ncnc2[nH]cc(C#N)c12)C(C)c1nn2ccc(Cl)c2c(=O)n1Cc1ccccn1. The van der Waals surface area contributed by atoms with E-state index >= 15 is 0 Å². The lowest BCUT2D eigenvalue weighted by Crippen LogP contribution is -2.36. The molecule has 170 valence electrons. The summed E-state index contributed by atoms with van der Waals surface area (Å²) in [5, 5.41) is 15.3. The number of H-pyrrole nitrogens is 1. The van der Waals surface area contributed by atoms with Crippen molar-refractivity contribution < 1.29 is 0 Å². The molecule has 0 radical (unpaired) electrons. The second-order valence-electron chi connectivity index (χ2n) is 7.72. The second kappa shape index (κ2) is 8.61. The smallest absolute Gasteiger partial charge is 0.279 e. The van der Waals surface area contributed by atoms with E-state index < -0.39 is 0 Å². The molecule has 1 unspecified atom stereocenters. The highest BCUT2D eigenvalue weighted by Crippen LogP contribution is 2.31. The molecule has 0 spiro atoms. The van der Waals surface area contributed by atoms with Gasteiger partial charge in [-0.1, -0.05) is 17.7 Å². The van der Waals surface area contributed by atoms with E-state index in [1.165, 1.54) is 10.8 Å². The molecule has 0 bridgehead atoms. The van der Waals surface area contributed by atoms with E-state index in [4.69, 9.17) is 16.7 Å². The van der Waals surface area contributed by atoms with Gasteiger partial charge in [-0.2, -0.15) is 10.4 Å². The van der Waals surface area contributed by atoms with E-state index in [9.17, 15) is 10.1 Å². The van der Waals surface area contributed by atoms with Gasteiger partial charge in [-0.15, -0.1) is 0 Å². The molecule has 0 amide bonds. The van der Waals surface area contributed by atoms with Gasteiger partial charge >= 0.3 is 0 Å². The van der Waals surface area contributed by atoms with E-state index in [0.29, 0.717) is 45.3 Å². The number of hydrogen-bond acceptors (Lipinski definition) is 7. The second-order valence-corrected chi connectivity index (χ2v) is 8.13. The van der Waals surface area contributed by atoms with Gasteiger partial charge in [0.15, 0.2) is 5.82 Å². The van der Waals surface area contributed by atoms with Gasteiger partial charge in [0.05, 0.1) is 34.3 Å². The maximum absolute atomic E-state index is 13.6. The molecule has 0 aliphatic heterocycles. The molecule has 5 aromatic rings. The van der Waals surface area contributed by atoms with Crippen molar-refractivity contribution in [3.8, 4) is 6.07 Å². The van der Waals surface area contributed by atoms with Crippen molar-refractivity contribution in [2.24, 2.45) is 0 Å². The van der Waals surface area contributed by atoms with Crippen molar-refractivity contribution in [2.45, 2.75) is 26.4 Å². The first-order valence-corrected chi connectivity index (χ1v) is 11.1.